The predicted molar refractivity (Wildman–Crippen MR) is 424 cm³/mol. The van der Waals surface area contributed by atoms with Crippen molar-refractivity contribution < 1.29 is 73.2 Å². The zero-order chi connectivity index (χ0) is 78.9. The number of benzene rings is 4. The van der Waals surface area contributed by atoms with Crippen molar-refractivity contribution in [2.45, 2.75) is 80.9 Å². The van der Waals surface area contributed by atoms with Gasteiger partial charge in [-0.2, -0.15) is 0 Å². The molecule has 19 nitrogen and oxygen atoms in total. The highest BCUT2D eigenvalue weighted by Gasteiger charge is 2.51. The molecule has 33 heteroatoms. The SMILES string of the molecule is C.C.CC(=O)Nc1cc(-c2cnc(C)c(N(C)C(=O)c3ccc(F)cc3F)c2)ccn1.CC(=O)Nc1cc(B2OC(C)(C)C(C)(C)O2)ccn1.CI.CN(C(=O)c1ccc(F)cc1F)c1cncc(Br)c1.Nc1cncc(Br)c1.O=C(Cc1cncc(Br)c1)c1ccc(F)cc1F.O=C(Cl)c1ccc(F)cc1F. The van der Waals surface area contributed by atoms with Gasteiger partial charge in [-0.15, -0.1) is 0 Å². The average Bonchev–Trinajstić information content (AvgIpc) is 1.62. The molecule has 10 aromatic rings. The van der Waals surface area contributed by atoms with Crippen LogP contribution >= 0.6 is 82.0 Å². The number of Topliss-reactive ketones (excluding diaryl/α,β-unsaturated/α-hetero) is 1. The van der Waals surface area contributed by atoms with Crippen molar-refractivity contribution in [3.63, 3.8) is 0 Å². The Morgan fingerprint density at radius 2 is 0.944 bits per heavy atom. The lowest BCUT2D eigenvalue weighted by atomic mass is 9.80. The first-order valence-corrected chi connectivity index (χ1v) is 35.7. The van der Waals surface area contributed by atoms with Gasteiger partial charge in [0, 0.05) is 127 Å². The second kappa shape index (κ2) is 43.6. The summed E-state index contributed by atoms with van der Waals surface area (Å²) in [7, 11) is 2.54. The minimum atomic E-state index is -0.940. The summed E-state index contributed by atoms with van der Waals surface area (Å²) in [5, 5.41) is 4.33. The highest BCUT2D eigenvalue weighted by atomic mass is 127. The summed E-state index contributed by atoms with van der Waals surface area (Å²) in [6.07, 6.45) is 14.3. The van der Waals surface area contributed by atoms with E-state index in [0.717, 1.165) is 68.5 Å². The fourth-order valence-corrected chi connectivity index (χ4v) is 10.1. The Kier molecular flexibility index (Phi) is 37.5. The lowest BCUT2D eigenvalue weighted by Gasteiger charge is -2.32. The maximum Gasteiger partial charge on any atom is 0.495 e. The van der Waals surface area contributed by atoms with Crippen LogP contribution in [-0.2, 0) is 25.3 Å². The van der Waals surface area contributed by atoms with Crippen LogP contribution in [0.2, 0.25) is 0 Å². The standard InChI is InChI=1S/C21H18F2N4O2.C13H19BN2O3.C13H9BrF2N2O.C13H8BrF2NO.C7H3ClF2O.C5H5BrN2.CH3I.2CH4/c1-12-19(27(3)21(29)17-5-4-16(22)10-18(17)23)8-15(11-25-12)14-6-7-24-20(9-14)26-13(2)28;1-9(17)16-11-8-10(6-7-15-11)14-18-12(2,3)13(4,5)19-14;1-18(10-4-8(14)6-17-7-10)13(19)11-3-2-9(15)5-12(11)16;14-9-3-8(6-17-7-9)4-13(18)11-2-1-10(15)5-12(11)16;8-7(11)5-2-1-4(9)3-6(5)10;6-4-1-5(7)3-8-2-4;1-2;;/h4-11H,1-3H3,(H,24,26,28);6-8H,1-5H3,(H,15,16,17);2-7H,1H3;1-3,5-7H,4H2;1-3H;1-3H,7H2;1H3;2*1H4. The van der Waals surface area contributed by atoms with Crippen LogP contribution in [0.3, 0.4) is 0 Å². The molecule has 4 N–H and O–H groups in total. The van der Waals surface area contributed by atoms with Crippen molar-refractivity contribution in [1.82, 2.24) is 29.9 Å². The van der Waals surface area contributed by atoms with Gasteiger partial charge in [0.25, 0.3) is 17.1 Å². The quantitative estimate of drug-likeness (QED) is 0.0257. The van der Waals surface area contributed by atoms with E-state index in [0.29, 0.717) is 74.3 Å². The summed E-state index contributed by atoms with van der Waals surface area (Å²) >= 11 is 16.8. The van der Waals surface area contributed by atoms with Crippen LogP contribution in [0.15, 0.2) is 191 Å². The van der Waals surface area contributed by atoms with Gasteiger partial charge in [0.1, 0.15) is 58.2 Å². The van der Waals surface area contributed by atoms with E-state index >= 15 is 0 Å². The number of anilines is 5. The van der Waals surface area contributed by atoms with Crippen molar-refractivity contribution >= 4 is 158 Å². The van der Waals surface area contributed by atoms with E-state index in [4.69, 9.17) is 26.6 Å². The monoisotopic (exact) mass is 1820 g/mol. The number of halogens is 13. The van der Waals surface area contributed by atoms with E-state index in [9.17, 15) is 63.9 Å². The molecule has 0 atom stereocenters. The molecular formula is C75H73BBr3ClF8IN11O8. The Balaban J connectivity index is 0.000000345. The summed E-state index contributed by atoms with van der Waals surface area (Å²) in [6.45, 7) is 12.6. The number of aromatic nitrogens is 6. The number of hydrogen-bond donors (Lipinski definition) is 3. The summed E-state index contributed by atoms with van der Waals surface area (Å²) in [5.41, 5.74) is 8.87. The number of rotatable bonds is 12. The Labute approximate surface area is 664 Å². The zero-order valence-electron chi connectivity index (χ0n) is 57.9. The summed E-state index contributed by atoms with van der Waals surface area (Å²) < 4.78 is 119. The van der Waals surface area contributed by atoms with Crippen molar-refractivity contribution in [2.24, 2.45) is 0 Å². The molecule has 0 unspecified atom stereocenters. The summed E-state index contributed by atoms with van der Waals surface area (Å²) in [5.74, 6) is -7.64. The Morgan fingerprint density at radius 3 is 1.38 bits per heavy atom. The first-order chi connectivity index (χ1) is 49.9. The predicted octanol–water partition coefficient (Wildman–Crippen LogP) is 18.3. The molecule has 11 rings (SSSR count). The van der Waals surface area contributed by atoms with Crippen LogP contribution in [0.25, 0.3) is 11.1 Å². The van der Waals surface area contributed by atoms with Crippen molar-refractivity contribution in [2.75, 3.05) is 45.2 Å². The van der Waals surface area contributed by atoms with Crippen LogP contribution < -0.4 is 31.6 Å². The highest BCUT2D eigenvalue weighted by molar-refractivity contribution is 14.1. The van der Waals surface area contributed by atoms with Gasteiger partial charge < -0.3 is 35.5 Å². The van der Waals surface area contributed by atoms with Gasteiger partial charge in [0.2, 0.25) is 11.8 Å². The molecule has 1 aliphatic rings. The molecule has 0 aliphatic carbocycles. The number of nitrogens with one attached hydrogen (secondary N) is 2. The number of hydrogen-bond acceptors (Lipinski definition) is 15. The van der Waals surface area contributed by atoms with Gasteiger partial charge >= 0.3 is 7.12 Å². The van der Waals surface area contributed by atoms with Crippen LogP contribution in [0.4, 0.5) is 63.8 Å². The number of nitrogens with zero attached hydrogens (tertiary/aromatic N) is 8. The van der Waals surface area contributed by atoms with Gasteiger partial charge in [0.15, 0.2) is 5.78 Å². The number of carbonyl (C=O) groups is 6. The number of ketones is 1. The van der Waals surface area contributed by atoms with Gasteiger partial charge in [-0.05, 0) is 213 Å². The average molecular weight is 1820 g/mol. The molecule has 0 spiro atoms. The summed E-state index contributed by atoms with van der Waals surface area (Å²) in [4.78, 5) is 98.0. The van der Waals surface area contributed by atoms with Crippen molar-refractivity contribution in [3.05, 3.63) is 271 Å². The molecule has 0 radical (unpaired) electrons. The number of nitrogen functional groups attached to an aromatic ring is 1. The van der Waals surface area contributed by atoms with Crippen molar-refractivity contribution in [1.29, 1.82) is 0 Å². The lowest BCUT2D eigenvalue weighted by Crippen LogP contribution is -2.41. The molecule has 0 bridgehead atoms. The van der Waals surface area contributed by atoms with E-state index in [1.807, 2.05) is 38.7 Å². The molecule has 1 saturated heterocycles. The number of nitrogens with two attached hydrogens (primary N) is 1. The van der Waals surface area contributed by atoms with Gasteiger partial charge in [-0.1, -0.05) is 37.4 Å². The van der Waals surface area contributed by atoms with Crippen LogP contribution in [0.5, 0.6) is 0 Å². The van der Waals surface area contributed by atoms with Crippen LogP contribution in [0.1, 0.15) is 109 Å². The molecule has 1 aliphatic heterocycles. The largest absolute Gasteiger partial charge is 0.495 e. The molecule has 570 valence electrons. The lowest BCUT2D eigenvalue weighted by molar-refractivity contribution is -0.115. The Morgan fingerprint density at radius 1 is 0.519 bits per heavy atom. The van der Waals surface area contributed by atoms with E-state index in [-0.39, 0.29) is 66.5 Å². The number of pyridine rings is 6. The van der Waals surface area contributed by atoms with E-state index in [2.05, 4.69) is 111 Å². The second-order valence-electron chi connectivity index (χ2n) is 23.1. The molecule has 0 saturated carbocycles. The molecule has 7 heterocycles. The normalized spacial score (nSPS) is 11.7. The maximum atomic E-state index is 14.0. The van der Waals surface area contributed by atoms with Crippen LogP contribution in [0, 0.1) is 53.5 Å². The zero-order valence-corrected chi connectivity index (χ0v) is 65.5. The first-order valence-electron chi connectivity index (χ1n) is 30.7. The molecule has 108 heavy (non-hydrogen) atoms. The molecule has 6 aromatic heterocycles. The number of alkyl halides is 1. The first kappa shape index (κ1) is 92.9. The topological polar surface area (TPSA) is 255 Å². The van der Waals surface area contributed by atoms with Crippen molar-refractivity contribution in [3.8, 4) is 11.1 Å². The number of carbonyl (C=O) groups excluding carboxylic acids is 6. The molecule has 1 fully saturated rings. The van der Waals surface area contributed by atoms with E-state index in [1.165, 1.54) is 50.1 Å². The van der Waals surface area contributed by atoms with E-state index < -0.39 is 76.5 Å². The third kappa shape index (κ3) is 28.4. The van der Waals surface area contributed by atoms with Gasteiger partial charge in [-0.25, -0.2) is 45.1 Å². The smallest absolute Gasteiger partial charge is 0.399 e. The molecule has 4 aromatic carbocycles. The molecular weight excluding hydrogens is 1750 g/mol. The number of amides is 4. The summed E-state index contributed by atoms with van der Waals surface area (Å²) in [6, 6.07) is 25.1. The minimum Gasteiger partial charge on any atom is -0.399 e. The maximum absolute atomic E-state index is 14.0. The Bertz CT molecular complexity index is 4770. The third-order valence-electron chi connectivity index (χ3n) is 14.7. The third-order valence-corrected chi connectivity index (χ3v) is 16.2. The van der Waals surface area contributed by atoms with E-state index in [1.54, 1.807) is 92.8 Å². The molecule has 4 amide bonds. The minimum absolute atomic E-state index is 0. The fourth-order valence-electron chi connectivity index (χ4n) is 8.82. The number of aryl methyl sites for hydroxylation is 1. The van der Waals surface area contributed by atoms with Crippen LogP contribution in [-0.4, -0.2) is 102 Å². The Hall–Kier alpha value is -9.32. The fraction of sp³-hybridized carbons (Fsp3) is 0.200. The highest BCUT2D eigenvalue weighted by Crippen LogP contribution is 2.37. The second-order valence-corrected chi connectivity index (χ2v) is 26.2. The van der Waals surface area contributed by atoms with Gasteiger partial charge in [-0.3, -0.25) is 48.7 Å². The van der Waals surface area contributed by atoms with Gasteiger partial charge in [0.05, 0.1) is 62.4 Å².